The maximum absolute atomic E-state index is 13.1. The molecule has 0 aliphatic heterocycles. The van der Waals surface area contributed by atoms with E-state index in [0.29, 0.717) is 11.4 Å². The van der Waals surface area contributed by atoms with Gasteiger partial charge in [-0.1, -0.05) is 0 Å². The molecule has 20 heavy (non-hydrogen) atoms. The number of nitrogens with one attached hydrogen (secondary N) is 2. The number of aromatic amines is 2. The molecule has 0 bridgehead atoms. The molecule has 7 heteroatoms. The Morgan fingerprint density at radius 1 is 1.20 bits per heavy atom. The fourth-order valence-electron chi connectivity index (χ4n) is 1.77. The van der Waals surface area contributed by atoms with Gasteiger partial charge in [0.05, 0.1) is 0 Å². The third-order valence-corrected chi connectivity index (χ3v) is 4.66. The number of fused-ring (bicyclic) bond motifs is 1. The molecule has 0 amide bonds. The number of halogens is 1. The lowest BCUT2D eigenvalue weighted by molar-refractivity contribution is 0.658. The minimum atomic E-state index is -0.658. The fourth-order valence-corrected chi connectivity index (χ4v) is 3.39. The maximum Gasteiger partial charge on any atom is 0.313 e. The molecule has 1 aromatic carbocycles. The van der Waals surface area contributed by atoms with Crippen molar-refractivity contribution in [3.05, 3.63) is 62.0 Å². The van der Waals surface area contributed by atoms with Crippen LogP contribution >= 0.6 is 23.1 Å². The molecule has 2 heterocycles. The van der Waals surface area contributed by atoms with Crippen LogP contribution in [0.5, 0.6) is 0 Å². The van der Waals surface area contributed by atoms with Gasteiger partial charge >= 0.3 is 11.1 Å². The number of hydrogen-bond acceptors (Lipinski definition) is 4. The summed E-state index contributed by atoms with van der Waals surface area (Å²) in [6.45, 7) is 0. The first kappa shape index (κ1) is 13.1. The van der Waals surface area contributed by atoms with Crippen molar-refractivity contribution in [2.24, 2.45) is 0 Å². The normalized spacial score (nSPS) is 11.1. The molecule has 0 aliphatic rings. The zero-order valence-corrected chi connectivity index (χ0v) is 11.7. The number of rotatable bonds is 3. The highest BCUT2D eigenvalue weighted by atomic mass is 32.2. The Balaban J connectivity index is 1.80. The molecule has 0 aliphatic carbocycles. The number of thiophene rings is 1. The molecule has 0 fully saturated rings. The van der Waals surface area contributed by atoms with Crippen molar-refractivity contribution in [3.8, 4) is 0 Å². The van der Waals surface area contributed by atoms with Gasteiger partial charge in [0.15, 0.2) is 5.13 Å². The number of thioether (sulfide) groups is 1. The van der Waals surface area contributed by atoms with Crippen molar-refractivity contribution in [1.29, 1.82) is 0 Å². The zero-order valence-electron chi connectivity index (χ0n) is 10.1. The van der Waals surface area contributed by atoms with Crippen molar-refractivity contribution in [3.63, 3.8) is 0 Å². The molecule has 0 spiro atoms. The summed E-state index contributed by atoms with van der Waals surface area (Å²) in [7, 11) is 0. The summed E-state index contributed by atoms with van der Waals surface area (Å²) >= 11 is 2.62. The summed E-state index contributed by atoms with van der Waals surface area (Å²) in [6, 6.07) is 7.20. The minimum absolute atomic E-state index is 0.202. The summed E-state index contributed by atoms with van der Waals surface area (Å²) in [5.74, 6) is 0.518. The van der Waals surface area contributed by atoms with Crippen LogP contribution in [0.25, 0.3) is 10.1 Å². The van der Waals surface area contributed by atoms with Gasteiger partial charge in [0.25, 0.3) is 0 Å². The first-order valence-corrected chi connectivity index (χ1v) is 7.55. The standard InChI is InChI=1S/C13H9FN2O2S2/c14-11-4-7-3-9(1-2-10(7)20-11)19-6-8-5-15-12(17)13(18)16-8/h1-5H,6H2,(H,15,17)(H,16,18). The topological polar surface area (TPSA) is 65.7 Å². The summed E-state index contributed by atoms with van der Waals surface area (Å²) in [5.41, 5.74) is -0.677. The van der Waals surface area contributed by atoms with Crippen LogP contribution < -0.4 is 11.1 Å². The molecule has 0 radical (unpaired) electrons. The predicted molar refractivity (Wildman–Crippen MR) is 79.0 cm³/mol. The molecule has 3 aromatic rings. The average Bonchev–Trinajstić information content (AvgIpc) is 2.79. The predicted octanol–water partition coefficient (Wildman–Crippen LogP) is 2.71. The fraction of sp³-hybridized carbons (Fsp3) is 0.0769. The monoisotopic (exact) mass is 308 g/mol. The summed E-state index contributed by atoms with van der Waals surface area (Å²) in [4.78, 5) is 28.0. The number of hydrogen-bond donors (Lipinski definition) is 2. The van der Waals surface area contributed by atoms with E-state index in [4.69, 9.17) is 0 Å². The van der Waals surface area contributed by atoms with E-state index >= 15 is 0 Å². The lowest BCUT2D eigenvalue weighted by Crippen LogP contribution is -2.29. The van der Waals surface area contributed by atoms with Gasteiger partial charge in [0, 0.05) is 27.2 Å². The molecule has 0 saturated carbocycles. The van der Waals surface area contributed by atoms with Gasteiger partial charge in [-0.3, -0.25) is 9.59 Å². The molecule has 102 valence electrons. The lowest BCUT2D eigenvalue weighted by atomic mass is 10.3. The smallest absolute Gasteiger partial charge is 0.313 e. The van der Waals surface area contributed by atoms with Crippen molar-refractivity contribution < 1.29 is 4.39 Å². The van der Waals surface area contributed by atoms with Crippen molar-refractivity contribution in [1.82, 2.24) is 9.97 Å². The number of benzene rings is 1. The van der Waals surface area contributed by atoms with Crippen molar-refractivity contribution >= 4 is 33.2 Å². The maximum atomic E-state index is 13.1. The third kappa shape index (κ3) is 2.68. The van der Waals surface area contributed by atoms with Gasteiger partial charge in [0.1, 0.15) is 0 Å². The van der Waals surface area contributed by atoms with Gasteiger partial charge in [-0.25, -0.2) is 0 Å². The second-order valence-electron chi connectivity index (χ2n) is 4.14. The first-order chi connectivity index (χ1) is 9.61. The Morgan fingerprint density at radius 2 is 2.05 bits per heavy atom. The molecule has 0 unspecified atom stereocenters. The van der Waals surface area contributed by atoms with E-state index in [9.17, 15) is 14.0 Å². The highest BCUT2D eigenvalue weighted by molar-refractivity contribution is 7.98. The van der Waals surface area contributed by atoms with E-state index in [1.54, 1.807) is 0 Å². The summed E-state index contributed by atoms with van der Waals surface area (Å²) in [5, 5.41) is 0.666. The molecule has 0 saturated heterocycles. The van der Waals surface area contributed by atoms with Gasteiger partial charge in [-0.2, -0.15) is 4.39 Å². The van der Waals surface area contributed by atoms with E-state index in [-0.39, 0.29) is 5.13 Å². The average molecular weight is 308 g/mol. The second kappa shape index (κ2) is 5.26. The highest BCUT2D eigenvalue weighted by Crippen LogP contribution is 2.30. The van der Waals surface area contributed by atoms with Gasteiger partial charge in [-0.05, 0) is 29.7 Å². The molecule has 0 atom stereocenters. The van der Waals surface area contributed by atoms with E-state index in [1.165, 1.54) is 24.0 Å². The largest absolute Gasteiger partial charge is 0.323 e. The van der Waals surface area contributed by atoms with Crippen LogP contribution in [0.4, 0.5) is 4.39 Å². The van der Waals surface area contributed by atoms with E-state index in [1.807, 2.05) is 18.2 Å². The quantitative estimate of drug-likeness (QED) is 0.577. The lowest BCUT2D eigenvalue weighted by Gasteiger charge is -2.01. The van der Waals surface area contributed by atoms with Crippen molar-refractivity contribution in [2.75, 3.05) is 0 Å². The molecular weight excluding hydrogens is 299 g/mol. The Morgan fingerprint density at radius 3 is 2.85 bits per heavy atom. The van der Waals surface area contributed by atoms with Crippen molar-refractivity contribution in [2.45, 2.75) is 10.6 Å². The van der Waals surface area contributed by atoms with E-state index < -0.39 is 11.1 Å². The number of aromatic nitrogens is 2. The zero-order chi connectivity index (χ0) is 14.1. The summed E-state index contributed by atoms with van der Waals surface area (Å²) < 4.78 is 14.0. The van der Waals surface area contributed by atoms with Gasteiger partial charge < -0.3 is 9.97 Å². The highest BCUT2D eigenvalue weighted by Gasteiger charge is 2.04. The van der Waals surface area contributed by atoms with Gasteiger partial charge in [-0.15, -0.1) is 23.1 Å². The molecular formula is C13H9FN2O2S2. The Kier molecular flexibility index (Phi) is 3.45. The van der Waals surface area contributed by atoms with Crippen LogP contribution in [0, 0.1) is 5.13 Å². The number of H-pyrrole nitrogens is 2. The molecule has 4 nitrogen and oxygen atoms in total. The molecule has 2 N–H and O–H groups in total. The SMILES string of the molecule is O=c1[nH]cc(CSc2ccc3sc(F)cc3c2)[nH]c1=O. The molecule has 2 aromatic heterocycles. The molecule has 3 rings (SSSR count). The Labute approximate surface area is 120 Å². The van der Waals surface area contributed by atoms with Crippen LogP contribution in [0.1, 0.15) is 5.69 Å². The summed E-state index contributed by atoms with van der Waals surface area (Å²) in [6.07, 6.45) is 1.49. The van der Waals surface area contributed by atoms with Crippen LogP contribution in [0.15, 0.2) is 44.9 Å². The van der Waals surface area contributed by atoms with E-state index in [0.717, 1.165) is 26.3 Å². The van der Waals surface area contributed by atoms with Crippen LogP contribution in [-0.2, 0) is 5.75 Å². The Hall–Kier alpha value is -1.86. The first-order valence-electron chi connectivity index (χ1n) is 5.74. The Bertz CT molecular complexity index is 882. The second-order valence-corrected chi connectivity index (χ2v) is 6.22. The van der Waals surface area contributed by atoms with Gasteiger partial charge in [0.2, 0.25) is 0 Å². The van der Waals surface area contributed by atoms with Crippen LogP contribution in [0.3, 0.4) is 0 Å². The van der Waals surface area contributed by atoms with Crippen LogP contribution in [-0.4, -0.2) is 9.97 Å². The third-order valence-electron chi connectivity index (χ3n) is 2.71. The van der Waals surface area contributed by atoms with Crippen LogP contribution in [0.2, 0.25) is 0 Å². The minimum Gasteiger partial charge on any atom is -0.323 e. The van der Waals surface area contributed by atoms with E-state index in [2.05, 4.69) is 9.97 Å².